The van der Waals surface area contributed by atoms with Crippen LogP contribution in [0.15, 0.2) is 59.7 Å². The molecule has 2 aromatic rings. The SMILES string of the molecule is C[C@@H]1CC/C(=C/c2ccc(Cl)cc2)C(=O)/C1=C/c1ccc(Cl)cc1. The van der Waals surface area contributed by atoms with E-state index in [1.165, 1.54) is 0 Å². The molecular weight excluding hydrogens is 339 g/mol. The topological polar surface area (TPSA) is 17.1 Å². The molecule has 0 unspecified atom stereocenters. The summed E-state index contributed by atoms with van der Waals surface area (Å²) in [7, 11) is 0. The van der Waals surface area contributed by atoms with Crippen molar-refractivity contribution in [3.8, 4) is 0 Å². The largest absolute Gasteiger partial charge is 0.289 e. The Morgan fingerprint density at radius 3 is 1.92 bits per heavy atom. The van der Waals surface area contributed by atoms with Crippen molar-refractivity contribution in [1.82, 2.24) is 0 Å². The van der Waals surface area contributed by atoms with Gasteiger partial charge in [-0.3, -0.25) is 4.79 Å². The minimum atomic E-state index is 0.138. The zero-order chi connectivity index (χ0) is 17.1. The van der Waals surface area contributed by atoms with Crippen LogP contribution in [0, 0.1) is 5.92 Å². The zero-order valence-electron chi connectivity index (χ0n) is 13.4. The highest BCUT2D eigenvalue weighted by Gasteiger charge is 2.26. The van der Waals surface area contributed by atoms with Gasteiger partial charge in [0.1, 0.15) is 0 Å². The van der Waals surface area contributed by atoms with Gasteiger partial charge in [0, 0.05) is 21.2 Å². The van der Waals surface area contributed by atoms with Gasteiger partial charge < -0.3 is 0 Å². The molecule has 3 rings (SSSR count). The third-order valence-corrected chi connectivity index (χ3v) is 4.84. The van der Waals surface area contributed by atoms with Gasteiger partial charge in [-0.1, -0.05) is 54.4 Å². The van der Waals surface area contributed by atoms with Crippen LogP contribution in [-0.2, 0) is 4.79 Å². The van der Waals surface area contributed by atoms with Gasteiger partial charge in [0.25, 0.3) is 0 Å². The number of Topliss-reactive ketones (excluding diaryl/α,β-unsaturated/α-hetero) is 1. The first-order chi connectivity index (χ1) is 11.5. The molecule has 1 fully saturated rings. The molecule has 0 spiro atoms. The summed E-state index contributed by atoms with van der Waals surface area (Å²) in [5.74, 6) is 0.397. The molecule has 0 aliphatic heterocycles. The molecule has 1 aliphatic rings. The molecule has 0 aromatic heterocycles. The lowest BCUT2D eigenvalue weighted by Crippen LogP contribution is -2.19. The van der Waals surface area contributed by atoms with Gasteiger partial charge in [0.15, 0.2) is 5.78 Å². The van der Waals surface area contributed by atoms with Gasteiger partial charge in [0.05, 0.1) is 0 Å². The predicted molar refractivity (Wildman–Crippen MR) is 102 cm³/mol. The maximum Gasteiger partial charge on any atom is 0.185 e. The van der Waals surface area contributed by atoms with E-state index in [0.29, 0.717) is 10.0 Å². The third kappa shape index (κ3) is 3.98. The molecular formula is C21H18Cl2O. The van der Waals surface area contributed by atoms with Gasteiger partial charge in [-0.2, -0.15) is 0 Å². The number of benzene rings is 2. The molecule has 1 saturated carbocycles. The number of rotatable bonds is 2. The Balaban J connectivity index is 1.91. The van der Waals surface area contributed by atoms with E-state index in [-0.39, 0.29) is 11.7 Å². The van der Waals surface area contributed by atoms with E-state index < -0.39 is 0 Å². The van der Waals surface area contributed by atoms with Crippen molar-refractivity contribution >= 4 is 41.1 Å². The maximum atomic E-state index is 12.9. The molecule has 0 N–H and O–H groups in total. The van der Waals surface area contributed by atoms with E-state index in [2.05, 4.69) is 6.92 Å². The highest BCUT2D eigenvalue weighted by Crippen LogP contribution is 2.32. The molecule has 122 valence electrons. The van der Waals surface area contributed by atoms with E-state index in [0.717, 1.165) is 35.1 Å². The fourth-order valence-electron chi connectivity index (χ4n) is 2.89. The smallest absolute Gasteiger partial charge is 0.185 e. The van der Waals surface area contributed by atoms with Crippen LogP contribution < -0.4 is 0 Å². The maximum absolute atomic E-state index is 12.9. The van der Waals surface area contributed by atoms with Crippen molar-refractivity contribution < 1.29 is 4.79 Å². The minimum Gasteiger partial charge on any atom is -0.289 e. The quantitative estimate of drug-likeness (QED) is 0.564. The van der Waals surface area contributed by atoms with Gasteiger partial charge in [-0.05, 0) is 66.3 Å². The van der Waals surface area contributed by atoms with Crippen LogP contribution in [-0.4, -0.2) is 5.78 Å². The second-order valence-electron chi connectivity index (χ2n) is 6.14. The van der Waals surface area contributed by atoms with Crippen LogP contribution >= 0.6 is 23.2 Å². The fourth-order valence-corrected chi connectivity index (χ4v) is 3.15. The molecule has 3 heteroatoms. The highest BCUT2D eigenvalue weighted by atomic mass is 35.5. The fraction of sp³-hybridized carbons (Fsp3) is 0.190. The Kier molecular flexibility index (Phi) is 5.23. The summed E-state index contributed by atoms with van der Waals surface area (Å²) in [5, 5.41) is 1.40. The van der Waals surface area contributed by atoms with Crippen LogP contribution in [0.25, 0.3) is 12.2 Å². The van der Waals surface area contributed by atoms with Crippen molar-refractivity contribution in [2.45, 2.75) is 19.8 Å². The summed E-state index contributed by atoms with van der Waals surface area (Å²) in [5.41, 5.74) is 3.73. The second kappa shape index (κ2) is 7.38. The monoisotopic (exact) mass is 356 g/mol. The molecule has 1 aliphatic carbocycles. The standard InChI is InChI=1S/C21H18Cl2O/c1-14-2-7-17(12-15-3-8-18(22)9-4-15)21(24)20(14)13-16-5-10-19(23)11-6-16/h3-6,8-14H,2,7H2,1H3/b17-12-,20-13+/t14-/m1/s1. The van der Waals surface area contributed by atoms with Crippen molar-refractivity contribution in [1.29, 1.82) is 0 Å². The summed E-state index contributed by atoms with van der Waals surface area (Å²) in [4.78, 5) is 12.9. The first-order valence-electron chi connectivity index (χ1n) is 8.01. The predicted octanol–water partition coefficient (Wildman–Crippen LogP) is 6.46. The number of allylic oxidation sites excluding steroid dienone is 2. The Bertz CT molecular complexity index is 799. The average molecular weight is 357 g/mol. The van der Waals surface area contributed by atoms with Crippen LogP contribution in [0.5, 0.6) is 0 Å². The molecule has 2 aromatic carbocycles. The second-order valence-corrected chi connectivity index (χ2v) is 7.01. The van der Waals surface area contributed by atoms with Crippen LogP contribution in [0.1, 0.15) is 30.9 Å². The van der Waals surface area contributed by atoms with Gasteiger partial charge in [-0.15, -0.1) is 0 Å². The number of carbonyl (C=O) groups is 1. The number of ketones is 1. The lowest BCUT2D eigenvalue weighted by molar-refractivity contribution is -0.113. The number of hydrogen-bond acceptors (Lipinski definition) is 1. The lowest BCUT2D eigenvalue weighted by Gasteiger charge is -2.23. The van der Waals surface area contributed by atoms with Crippen molar-refractivity contribution in [2.75, 3.05) is 0 Å². The first-order valence-corrected chi connectivity index (χ1v) is 8.76. The molecule has 0 bridgehead atoms. The summed E-state index contributed by atoms with van der Waals surface area (Å²) < 4.78 is 0. The Labute approximate surface area is 152 Å². The Morgan fingerprint density at radius 2 is 1.38 bits per heavy atom. The highest BCUT2D eigenvalue weighted by molar-refractivity contribution is 6.30. The molecule has 24 heavy (non-hydrogen) atoms. The van der Waals surface area contributed by atoms with Gasteiger partial charge >= 0.3 is 0 Å². The molecule has 0 heterocycles. The zero-order valence-corrected chi connectivity index (χ0v) is 14.9. The van der Waals surface area contributed by atoms with E-state index in [1.807, 2.05) is 60.7 Å². The Hall–Kier alpha value is -1.83. The van der Waals surface area contributed by atoms with E-state index in [4.69, 9.17) is 23.2 Å². The summed E-state index contributed by atoms with van der Waals surface area (Å²) in [6.45, 7) is 2.11. The lowest BCUT2D eigenvalue weighted by atomic mass is 9.80. The van der Waals surface area contributed by atoms with Crippen LogP contribution in [0.2, 0.25) is 10.0 Å². The molecule has 0 radical (unpaired) electrons. The molecule has 1 atom stereocenters. The summed E-state index contributed by atoms with van der Waals surface area (Å²) >= 11 is 11.9. The van der Waals surface area contributed by atoms with Crippen LogP contribution in [0.3, 0.4) is 0 Å². The average Bonchev–Trinajstić information content (AvgIpc) is 2.58. The van der Waals surface area contributed by atoms with Crippen molar-refractivity contribution in [2.24, 2.45) is 5.92 Å². The van der Waals surface area contributed by atoms with Gasteiger partial charge in [-0.25, -0.2) is 0 Å². The van der Waals surface area contributed by atoms with Crippen molar-refractivity contribution in [3.05, 3.63) is 80.8 Å². The van der Waals surface area contributed by atoms with E-state index in [9.17, 15) is 4.79 Å². The number of hydrogen-bond donors (Lipinski definition) is 0. The van der Waals surface area contributed by atoms with E-state index in [1.54, 1.807) is 0 Å². The van der Waals surface area contributed by atoms with Gasteiger partial charge in [0.2, 0.25) is 0 Å². The van der Waals surface area contributed by atoms with Crippen LogP contribution in [0.4, 0.5) is 0 Å². The molecule has 0 amide bonds. The molecule has 1 nitrogen and oxygen atoms in total. The Morgan fingerprint density at radius 1 is 0.875 bits per heavy atom. The number of halogens is 2. The third-order valence-electron chi connectivity index (χ3n) is 4.33. The molecule has 0 saturated heterocycles. The van der Waals surface area contributed by atoms with Crippen molar-refractivity contribution in [3.63, 3.8) is 0 Å². The first kappa shape index (κ1) is 17.0. The van der Waals surface area contributed by atoms with E-state index >= 15 is 0 Å². The normalized spacial score (nSPS) is 21.5. The number of carbonyl (C=O) groups excluding carboxylic acids is 1. The summed E-state index contributed by atoms with van der Waals surface area (Å²) in [6.07, 6.45) is 5.74. The minimum absolute atomic E-state index is 0.138. The summed E-state index contributed by atoms with van der Waals surface area (Å²) in [6, 6.07) is 15.1.